The molecule has 2 aromatic heterocycles. The second-order valence-electron chi connectivity index (χ2n) is 6.60. The molecule has 0 atom stereocenters. The molecule has 3 aromatic rings. The van der Waals surface area contributed by atoms with Crippen molar-refractivity contribution in [3.63, 3.8) is 0 Å². The van der Waals surface area contributed by atoms with Crippen molar-refractivity contribution < 1.29 is 4.79 Å². The third-order valence-corrected chi connectivity index (χ3v) is 4.88. The summed E-state index contributed by atoms with van der Waals surface area (Å²) in [6.07, 6.45) is 0. The summed E-state index contributed by atoms with van der Waals surface area (Å²) in [6, 6.07) is 6.22. The number of hydrogen-bond donors (Lipinski definition) is 0. The molecule has 1 amide bonds. The summed E-state index contributed by atoms with van der Waals surface area (Å²) >= 11 is 1.19. The van der Waals surface area contributed by atoms with Crippen LogP contribution in [0.2, 0.25) is 0 Å². The van der Waals surface area contributed by atoms with Crippen LogP contribution in [0.15, 0.2) is 18.2 Å². The number of rotatable bonds is 7. The predicted molar refractivity (Wildman–Crippen MR) is 98.3 cm³/mol. The first-order valence-corrected chi connectivity index (χ1v) is 9.07. The fourth-order valence-corrected chi connectivity index (χ4v) is 2.92. The van der Waals surface area contributed by atoms with Crippen LogP contribution in [0.25, 0.3) is 11.0 Å². The molecule has 0 saturated carbocycles. The Morgan fingerprint density at radius 3 is 2.73 bits per heavy atom. The summed E-state index contributed by atoms with van der Waals surface area (Å²) in [5.74, 6) is 0.625. The van der Waals surface area contributed by atoms with Crippen molar-refractivity contribution in [1.82, 2.24) is 38.8 Å². The summed E-state index contributed by atoms with van der Waals surface area (Å²) in [5, 5.41) is 11.7. The lowest BCUT2D eigenvalue weighted by Crippen LogP contribution is -2.32. The summed E-state index contributed by atoms with van der Waals surface area (Å²) in [6.45, 7) is 5.40. The largest absolute Gasteiger partial charge is 0.340 e. The zero-order chi connectivity index (χ0) is 18.7. The molecular formula is C16H22N8OS. The van der Waals surface area contributed by atoms with Gasteiger partial charge in [0.1, 0.15) is 17.6 Å². The van der Waals surface area contributed by atoms with Crippen molar-refractivity contribution >= 4 is 28.7 Å². The van der Waals surface area contributed by atoms with E-state index < -0.39 is 0 Å². The van der Waals surface area contributed by atoms with Gasteiger partial charge in [-0.25, -0.2) is 4.68 Å². The minimum Gasteiger partial charge on any atom is -0.340 e. The van der Waals surface area contributed by atoms with Gasteiger partial charge in [-0.2, -0.15) is 8.75 Å². The maximum atomic E-state index is 12.6. The number of amides is 1. The second kappa shape index (κ2) is 7.83. The smallest absolute Gasteiger partial charge is 0.244 e. The minimum absolute atomic E-state index is 0.0535. The molecule has 0 bridgehead atoms. The highest BCUT2D eigenvalue weighted by Gasteiger charge is 2.16. The number of carbonyl (C=O) groups excluding carboxylic acids is 1. The number of benzene rings is 1. The molecule has 0 fully saturated rings. The van der Waals surface area contributed by atoms with Gasteiger partial charge in [-0.3, -0.25) is 9.69 Å². The van der Waals surface area contributed by atoms with Gasteiger partial charge in [-0.05, 0) is 49.0 Å². The van der Waals surface area contributed by atoms with Crippen LogP contribution in [0.3, 0.4) is 0 Å². The summed E-state index contributed by atoms with van der Waals surface area (Å²) in [5.41, 5.74) is 2.74. The van der Waals surface area contributed by atoms with Crippen LogP contribution < -0.4 is 0 Å². The zero-order valence-electron chi connectivity index (χ0n) is 15.3. The number of aromatic nitrogens is 6. The van der Waals surface area contributed by atoms with E-state index in [0.29, 0.717) is 25.0 Å². The normalized spacial score (nSPS) is 11.6. The van der Waals surface area contributed by atoms with Crippen LogP contribution in [0.1, 0.15) is 25.2 Å². The quantitative estimate of drug-likeness (QED) is 0.613. The lowest BCUT2D eigenvalue weighted by atomic mass is 10.2. The van der Waals surface area contributed by atoms with Gasteiger partial charge in [-0.15, -0.1) is 5.10 Å². The van der Waals surface area contributed by atoms with Crippen molar-refractivity contribution in [3.05, 3.63) is 29.6 Å². The molecule has 138 valence electrons. The van der Waals surface area contributed by atoms with E-state index in [9.17, 15) is 4.79 Å². The highest BCUT2D eigenvalue weighted by atomic mass is 32.1. The van der Waals surface area contributed by atoms with Crippen LogP contribution >= 0.6 is 11.7 Å². The maximum Gasteiger partial charge on any atom is 0.244 e. The van der Waals surface area contributed by atoms with Crippen molar-refractivity contribution in [2.24, 2.45) is 0 Å². The molecule has 10 heteroatoms. The first kappa shape index (κ1) is 18.3. The van der Waals surface area contributed by atoms with Crippen LogP contribution in [0.5, 0.6) is 0 Å². The van der Waals surface area contributed by atoms with Crippen LogP contribution in [0, 0.1) is 0 Å². The molecule has 0 aliphatic heterocycles. The highest BCUT2D eigenvalue weighted by molar-refractivity contribution is 7.00. The molecule has 0 aliphatic carbocycles. The number of hydrogen-bond acceptors (Lipinski definition) is 8. The molecule has 0 radical (unpaired) electrons. The van der Waals surface area contributed by atoms with E-state index in [2.05, 4.69) is 43.0 Å². The standard InChI is InChI=1S/C16H22N8OS/c1-11(2)22(3)9-15-17-20-21-24(15)10-16(25)23(4)8-12-5-6-13-14(7-12)19-26-18-13/h5-7,11H,8-10H2,1-4H3. The van der Waals surface area contributed by atoms with Gasteiger partial charge < -0.3 is 4.90 Å². The van der Waals surface area contributed by atoms with Crippen molar-refractivity contribution in [3.8, 4) is 0 Å². The molecule has 0 saturated heterocycles. The molecule has 3 rings (SSSR count). The van der Waals surface area contributed by atoms with E-state index in [4.69, 9.17) is 0 Å². The Kier molecular flexibility index (Phi) is 5.52. The van der Waals surface area contributed by atoms with Crippen LogP contribution in [-0.2, 0) is 24.4 Å². The Bertz CT molecular complexity index is 889. The van der Waals surface area contributed by atoms with E-state index >= 15 is 0 Å². The molecule has 26 heavy (non-hydrogen) atoms. The van der Waals surface area contributed by atoms with Crippen molar-refractivity contribution in [2.45, 2.75) is 39.5 Å². The summed E-state index contributed by atoms with van der Waals surface area (Å²) < 4.78 is 9.99. The van der Waals surface area contributed by atoms with Crippen LogP contribution in [0.4, 0.5) is 0 Å². The Labute approximate surface area is 155 Å². The molecule has 0 aliphatic rings. The molecule has 0 unspecified atom stereocenters. The van der Waals surface area contributed by atoms with Gasteiger partial charge in [-0.1, -0.05) is 6.07 Å². The van der Waals surface area contributed by atoms with E-state index in [1.165, 1.54) is 11.7 Å². The van der Waals surface area contributed by atoms with Gasteiger partial charge in [0.25, 0.3) is 0 Å². The minimum atomic E-state index is -0.0535. The summed E-state index contributed by atoms with van der Waals surface area (Å²) in [4.78, 5) is 16.4. The maximum absolute atomic E-state index is 12.6. The van der Waals surface area contributed by atoms with E-state index in [-0.39, 0.29) is 12.5 Å². The first-order chi connectivity index (χ1) is 12.4. The SMILES string of the molecule is CC(C)N(C)Cc1nnnn1CC(=O)N(C)Cc1ccc2nsnc2c1. The van der Waals surface area contributed by atoms with E-state index in [1.54, 1.807) is 16.6 Å². The van der Waals surface area contributed by atoms with Gasteiger partial charge in [0.05, 0.1) is 18.3 Å². The van der Waals surface area contributed by atoms with Crippen LogP contribution in [-0.4, -0.2) is 64.8 Å². The fourth-order valence-electron chi connectivity index (χ4n) is 2.40. The molecule has 9 nitrogen and oxygen atoms in total. The number of nitrogens with zero attached hydrogens (tertiary/aromatic N) is 8. The van der Waals surface area contributed by atoms with Gasteiger partial charge in [0, 0.05) is 19.6 Å². The average Bonchev–Trinajstić information content (AvgIpc) is 3.23. The lowest BCUT2D eigenvalue weighted by Gasteiger charge is -2.21. The number of likely N-dealkylation sites (N-methyl/N-ethyl adjacent to an activating group) is 1. The Balaban J connectivity index is 1.63. The highest BCUT2D eigenvalue weighted by Crippen LogP contribution is 2.15. The first-order valence-electron chi connectivity index (χ1n) is 8.34. The number of tetrazole rings is 1. The Hall–Kier alpha value is -2.46. The van der Waals surface area contributed by atoms with Crippen molar-refractivity contribution in [2.75, 3.05) is 14.1 Å². The van der Waals surface area contributed by atoms with E-state index in [0.717, 1.165) is 16.6 Å². The van der Waals surface area contributed by atoms with E-state index in [1.807, 2.05) is 25.2 Å². The zero-order valence-corrected chi connectivity index (χ0v) is 16.1. The predicted octanol–water partition coefficient (Wildman–Crippen LogP) is 1.18. The molecule has 1 aromatic carbocycles. The van der Waals surface area contributed by atoms with Crippen molar-refractivity contribution in [1.29, 1.82) is 0 Å². The third-order valence-electron chi connectivity index (χ3n) is 4.33. The second-order valence-corrected chi connectivity index (χ2v) is 7.13. The average molecular weight is 374 g/mol. The molecule has 0 spiro atoms. The topological polar surface area (TPSA) is 92.9 Å². The number of carbonyl (C=O) groups is 1. The number of fused-ring (bicyclic) bond motifs is 1. The van der Waals surface area contributed by atoms with Gasteiger partial charge >= 0.3 is 0 Å². The fraction of sp³-hybridized carbons (Fsp3) is 0.500. The Morgan fingerprint density at radius 1 is 1.19 bits per heavy atom. The molecule has 2 heterocycles. The lowest BCUT2D eigenvalue weighted by molar-refractivity contribution is -0.131. The third kappa shape index (κ3) is 4.20. The Morgan fingerprint density at radius 2 is 1.96 bits per heavy atom. The van der Waals surface area contributed by atoms with Gasteiger partial charge in [0.15, 0.2) is 5.82 Å². The molecule has 0 N–H and O–H groups in total. The van der Waals surface area contributed by atoms with Gasteiger partial charge in [0.2, 0.25) is 5.91 Å². The molecular weight excluding hydrogens is 352 g/mol. The summed E-state index contributed by atoms with van der Waals surface area (Å²) in [7, 11) is 3.78. The monoisotopic (exact) mass is 374 g/mol.